The number of hydrogen-bond donors (Lipinski definition) is 1. The summed E-state index contributed by atoms with van der Waals surface area (Å²) in [6.45, 7) is 8.36. The lowest BCUT2D eigenvalue weighted by molar-refractivity contribution is 0.0124. The van der Waals surface area contributed by atoms with Crippen LogP contribution in [0.2, 0.25) is 8.67 Å². The number of ether oxygens (including phenoxy) is 1. The molecule has 22 heavy (non-hydrogen) atoms. The highest BCUT2D eigenvalue weighted by atomic mass is 35.5. The second-order valence-electron chi connectivity index (χ2n) is 5.88. The second kappa shape index (κ2) is 8.50. The van der Waals surface area contributed by atoms with E-state index in [1.807, 2.05) is 0 Å². The Bertz CT molecular complexity index is 502. The normalized spacial score (nSPS) is 17.7. The summed E-state index contributed by atoms with van der Waals surface area (Å²) in [6, 6.07) is 1.94. The molecule has 4 nitrogen and oxygen atoms in total. The Balaban J connectivity index is 1.95. The van der Waals surface area contributed by atoms with Gasteiger partial charge in [0.05, 0.1) is 23.1 Å². The van der Waals surface area contributed by atoms with Gasteiger partial charge in [0.1, 0.15) is 4.34 Å². The van der Waals surface area contributed by atoms with Gasteiger partial charge in [-0.15, -0.1) is 11.3 Å². The lowest BCUT2D eigenvalue weighted by Crippen LogP contribution is -2.49. The van der Waals surface area contributed by atoms with Crippen molar-refractivity contribution in [1.29, 1.82) is 0 Å². The van der Waals surface area contributed by atoms with E-state index >= 15 is 0 Å². The van der Waals surface area contributed by atoms with Gasteiger partial charge in [0.2, 0.25) is 0 Å². The Morgan fingerprint density at radius 1 is 1.41 bits per heavy atom. The fourth-order valence-corrected chi connectivity index (χ4v) is 4.11. The van der Waals surface area contributed by atoms with Crippen molar-refractivity contribution in [2.75, 3.05) is 32.8 Å². The van der Waals surface area contributed by atoms with Crippen LogP contribution in [0.25, 0.3) is 0 Å². The first-order valence-corrected chi connectivity index (χ1v) is 9.09. The van der Waals surface area contributed by atoms with E-state index in [-0.39, 0.29) is 5.91 Å². The zero-order valence-electron chi connectivity index (χ0n) is 12.9. The molecule has 1 aromatic rings. The Morgan fingerprint density at radius 3 is 2.64 bits per heavy atom. The molecule has 1 saturated heterocycles. The zero-order valence-corrected chi connectivity index (χ0v) is 15.2. The third-order valence-corrected chi connectivity index (χ3v) is 5.19. The summed E-state index contributed by atoms with van der Waals surface area (Å²) in [5.41, 5.74) is 0.460. The van der Waals surface area contributed by atoms with Gasteiger partial charge in [-0.2, -0.15) is 0 Å². The van der Waals surface area contributed by atoms with Gasteiger partial charge in [-0.1, -0.05) is 37.0 Å². The van der Waals surface area contributed by atoms with Crippen molar-refractivity contribution in [3.05, 3.63) is 20.3 Å². The molecule has 1 aromatic heterocycles. The highest BCUT2D eigenvalue weighted by Crippen LogP contribution is 2.31. The number of carbonyl (C=O) groups excluding carboxylic acids is 1. The van der Waals surface area contributed by atoms with Gasteiger partial charge in [-0.25, -0.2) is 0 Å². The quantitative estimate of drug-likeness (QED) is 0.839. The van der Waals surface area contributed by atoms with Crippen LogP contribution >= 0.6 is 34.5 Å². The monoisotopic (exact) mass is 364 g/mol. The SMILES string of the molecule is CC(C)CC(CNC(=O)c1cc(Cl)sc1Cl)N1CCOCC1. The summed E-state index contributed by atoms with van der Waals surface area (Å²) < 4.78 is 6.38. The first-order chi connectivity index (χ1) is 10.5. The largest absolute Gasteiger partial charge is 0.379 e. The summed E-state index contributed by atoms with van der Waals surface area (Å²) in [7, 11) is 0. The molecule has 1 fully saturated rings. The number of nitrogens with one attached hydrogen (secondary N) is 1. The van der Waals surface area contributed by atoms with Crippen LogP contribution in [0.4, 0.5) is 0 Å². The molecule has 1 atom stereocenters. The molecule has 0 aromatic carbocycles. The minimum Gasteiger partial charge on any atom is -0.379 e. The van der Waals surface area contributed by atoms with E-state index in [0.717, 1.165) is 32.7 Å². The number of hydrogen-bond acceptors (Lipinski definition) is 4. The molecule has 1 aliphatic heterocycles. The first kappa shape index (κ1) is 18.0. The maximum Gasteiger partial charge on any atom is 0.253 e. The molecule has 1 unspecified atom stereocenters. The van der Waals surface area contributed by atoms with Crippen LogP contribution in [0.3, 0.4) is 0 Å². The molecule has 0 spiro atoms. The topological polar surface area (TPSA) is 41.6 Å². The van der Waals surface area contributed by atoms with E-state index < -0.39 is 0 Å². The maximum absolute atomic E-state index is 12.3. The number of rotatable bonds is 6. The number of halogens is 2. The van der Waals surface area contributed by atoms with Crippen LogP contribution in [-0.2, 0) is 4.74 Å². The van der Waals surface area contributed by atoms with Crippen molar-refractivity contribution in [2.24, 2.45) is 5.92 Å². The lowest BCUT2D eigenvalue weighted by atomic mass is 10.0. The molecule has 7 heteroatoms. The second-order valence-corrected chi connectivity index (χ2v) is 8.17. The summed E-state index contributed by atoms with van der Waals surface area (Å²) >= 11 is 13.1. The van der Waals surface area contributed by atoms with E-state index in [2.05, 4.69) is 24.1 Å². The summed E-state index contributed by atoms with van der Waals surface area (Å²) in [5.74, 6) is 0.416. The van der Waals surface area contributed by atoms with Gasteiger partial charge < -0.3 is 10.1 Å². The van der Waals surface area contributed by atoms with Crippen LogP contribution in [-0.4, -0.2) is 49.7 Å². The minimum atomic E-state index is -0.157. The third-order valence-electron chi connectivity index (χ3n) is 3.71. The van der Waals surface area contributed by atoms with E-state index in [0.29, 0.717) is 32.7 Å². The van der Waals surface area contributed by atoms with Gasteiger partial charge in [-0.05, 0) is 18.4 Å². The number of thiophene rings is 1. The Hall–Kier alpha value is -0.330. The predicted octanol–water partition coefficient (Wildman–Crippen LogP) is 3.53. The molecule has 0 radical (unpaired) electrons. The highest BCUT2D eigenvalue weighted by Gasteiger charge is 2.23. The molecule has 1 N–H and O–H groups in total. The summed E-state index contributed by atoms with van der Waals surface area (Å²) in [5, 5.41) is 3.00. The molecule has 0 aliphatic carbocycles. The van der Waals surface area contributed by atoms with Gasteiger partial charge >= 0.3 is 0 Å². The Labute approximate surface area is 145 Å². The van der Waals surface area contributed by atoms with E-state index in [1.165, 1.54) is 11.3 Å². The number of morpholine rings is 1. The molecule has 2 rings (SSSR count). The van der Waals surface area contributed by atoms with E-state index in [4.69, 9.17) is 27.9 Å². The molecule has 0 bridgehead atoms. The maximum atomic E-state index is 12.3. The van der Waals surface area contributed by atoms with Crippen molar-refractivity contribution in [3.8, 4) is 0 Å². The van der Waals surface area contributed by atoms with Gasteiger partial charge in [-0.3, -0.25) is 9.69 Å². The Kier molecular flexibility index (Phi) is 6.96. The number of amides is 1. The summed E-state index contributed by atoms with van der Waals surface area (Å²) in [4.78, 5) is 14.7. The van der Waals surface area contributed by atoms with Crippen molar-refractivity contribution in [3.63, 3.8) is 0 Å². The molecule has 1 aliphatic rings. The van der Waals surface area contributed by atoms with Crippen LogP contribution in [0.15, 0.2) is 6.07 Å². The van der Waals surface area contributed by atoms with Crippen molar-refractivity contribution < 1.29 is 9.53 Å². The van der Waals surface area contributed by atoms with Crippen LogP contribution in [0.5, 0.6) is 0 Å². The molecule has 0 saturated carbocycles. The van der Waals surface area contributed by atoms with Gasteiger partial charge in [0, 0.05) is 25.7 Å². The standard InChI is InChI=1S/C15H22Cl2N2O2S/c1-10(2)7-11(19-3-5-21-6-4-19)9-18-15(20)12-8-13(16)22-14(12)17/h8,10-11H,3-7,9H2,1-2H3,(H,18,20). The minimum absolute atomic E-state index is 0.157. The van der Waals surface area contributed by atoms with Gasteiger partial charge in [0.15, 0.2) is 0 Å². The van der Waals surface area contributed by atoms with Gasteiger partial charge in [0.25, 0.3) is 5.91 Å². The zero-order chi connectivity index (χ0) is 16.1. The molecular formula is C15H22Cl2N2O2S. The Morgan fingerprint density at radius 2 is 2.09 bits per heavy atom. The fraction of sp³-hybridized carbons (Fsp3) is 0.667. The smallest absolute Gasteiger partial charge is 0.253 e. The van der Waals surface area contributed by atoms with Crippen molar-refractivity contribution in [1.82, 2.24) is 10.2 Å². The molecule has 124 valence electrons. The van der Waals surface area contributed by atoms with Crippen molar-refractivity contribution >= 4 is 40.4 Å². The van der Waals surface area contributed by atoms with Crippen LogP contribution in [0, 0.1) is 5.92 Å². The average molecular weight is 365 g/mol. The summed E-state index contributed by atoms with van der Waals surface area (Å²) in [6.07, 6.45) is 1.04. The van der Waals surface area contributed by atoms with E-state index in [9.17, 15) is 4.79 Å². The van der Waals surface area contributed by atoms with Crippen molar-refractivity contribution in [2.45, 2.75) is 26.3 Å². The number of nitrogens with zero attached hydrogens (tertiary/aromatic N) is 1. The van der Waals surface area contributed by atoms with Crippen LogP contribution in [0.1, 0.15) is 30.6 Å². The molecular weight excluding hydrogens is 343 g/mol. The molecule has 2 heterocycles. The predicted molar refractivity (Wildman–Crippen MR) is 92.3 cm³/mol. The number of carbonyl (C=O) groups is 1. The fourth-order valence-electron chi connectivity index (χ4n) is 2.65. The third kappa shape index (κ3) is 5.10. The highest BCUT2D eigenvalue weighted by molar-refractivity contribution is 7.20. The molecule has 1 amide bonds. The lowest BCUT2D eigenvalue weighted by Gasteiger charge is -2.35. The van der Waals surface area contributed by atoms with E-state index in [1.54, 1.807) is 6.07 Å². The average Bonchev–Trinajstić information content (AvgIpc) is 2.82. The first-order valence-electron chi connectivity index (χ1n) is 7.52. The van der Waals surface area contributed by atoms with Crippen LogP contribution < -0.4 is 5.32 Å².